The molecule has 2 aromatic carbocycles. The second kappa shape index (κ2) is 5.23. The highest BCUT2D eigenvalue weighted by molar-refractivity contribution is 6.35. The minimum absolute atomic E-state index is 0.457. The number of aryl methyl sites for hydroxylation is 1. The maximum absolute atomic E-state index is 6.32. The van der Waals surface area contributed by atoms with Gasteiger partial charge in [0, 0.05) is 17.5 Å². The van der Waals surface area contributed by atoms with Crippen LogP contribution in [0.15, 0.2) is 48.5 Å². The highest BCUT2D eigenvalue weighted by Gasteiger charge is 2.10. The number of nitrogens with zero attached hydrogens (tertiary/aromatic N) is 1. The third-order valence-corrected chi connectivity index (χ3v) is 3.65. The van der Waals surface area contributed by atoms with Crippen molar-refractivity contribution in [3.63, 3.8) is 0 Å². The highest BCUT2D eigenvalue weighted by atomic mass is 35.5. The first-order valence-corrected chi connectivity index (χ1v) is 6.92. The Balaban J connectivity index is 2.32. The van der Waals surface area contributed by atoms with Gasteiger partial charge in [-0.05, 0) is 36.2 Å². The van der Waals surface area contributed by atoms with Crippen molar-refractivity contribution in [3.05, 3.63) is 64.7 Å². The Labute approximate surface area is 123 Å². The van der Waals surface area contributed by atoms with E-state index >= 15 is 0 Å². The van der Waals surface area contributed by atoms with Crippen molar-refractivity contribution in [3.8, 4) is 11.3 Å². The third kappa shape index (κ3) is 2.28. The Morgan fingerprint density at radius 1 is 1.10 bits per heavy atom. The summed E-state index contributed by atoms with van der Waals surface area (Å²) in [4.78, 5) is 4.74. The van der Waals surface area contributed by atoms with Crippen LogP contribution in [0, 0.1) is 6.92 Å². The normalized spacial score (nSPS) is 10.9. The third-order valence-electron chi connectivity index (χ3n) is 3.36. The van der Waals surface area contributed by atoms with Crippen LogP contribution in [0.4, 0.5) is 0 Å². The van der Waals surface area contributed by atoms with Crippen molar-refractivity contribution in [2.45, 2.75) is 13.5 Å². The molecular weight excluding hydrogens is 268 g/mol. The number of pyridine rings is 1. The van der Waals surface area contributed by atoms with Crippen molar-refractivity contribution in [1.29, 1.82) is 0 Å². The van der Waals surface area contributed by atoms with E-state index in [0.717, 1.165) is 33.3 Å². The number of rotatable bonds is 2. The van der Waals surface area contributed by atoms with Crippen LogP contribution < -0.4 is 5.73 Å². The van der Waals surface area contributed by atoms with Gasteiger partial charge in [0.15, 0.2) is 0 Å². The zero-order valence-electron chi connectivity index (χ0n) is 11.2. The van der Waals surface area contributed by atoms with Gasteiger partial charge in [0.2, 0.25) is 0 Å². The molecule has 100 valence electrons. The van der Waals surface area contributed by atoms with Gasteiger partial charge in [-0.3, -0.25) is 0 Å². The minimum Gasteiger partial charge on any atom is -0.326 e. The van der Waals surface area contributed by atoms with E-state index in [0.29, 0.717) is 11.6 Å². The zero-order chi connectivity index (χ0) is 14.1. The lowest BCUT2D eigenvalue weighted by atomic mass is 10.0. The van der Waals surface area contributed by atoms with Gasteiger partial charge in [0.25, 0.3) is 0 Å². The van der Waals surface area contributed by atoms with Crippen molar-refractivity contribution < 1.29 is 0 Å². The van der Waals surface area contributed by atoms with E-state index in [1.165, 1.54) is 0 Å². The van der Waals surface area contributed by atoms with Gasteiger partial charge < -0.3 is 5.73 Å². The topological polar surface area (TPSA) is 38.9 Å². The van der Waals surface area contributed by atoms with Crippen molar-refractivity contribution >= 4 is 22.5 Å². The molecule has 0 spiro atoms. The summed E-state index contributed by atoms with van der Waals surface area (Å²) in [6.07, 6.45) is 0. The molecule has 20 heavy (non-hydrogen) atoms. The van der Waals surface area contributed by atoms with E-state index in [4.69, 9.17) is 22.3 Å². The lowest BCUT2D eigenvalue weighted by Crippen LogP contribution is -2.01. The fourth-order valence-electron chi connectivity index (χ4n) is 2.43. The molecule has 0 amide bonds. The molecule has 0 saturated carbocycles. The summed E-state index contributed by atoms with van der Waals surface area (Å²) in [5.74, 6) is 0. The van der Waals surface area contributed by atoms with Crippen LogP contribution in [0.25, 0.3) is 22.2 Å². The molecule has 0 aliphatic heterocycles. The maximum Gasteiger partial charge on any atom is 0.0896 e. The van der Waals surface area contributed by atoms with Crippen LogP contribution >= 0.6 is 11.6 Å². The van der Waals surface area contributed by atoms with Gasteiger partial charge in [-0.15, -0.1) is 0 Å². The molecule has 2 nitrogen and oxygen atoms in total. The smallest absolute Gasteiger partial charge is 0.0896 e. The molecule has 0 radical (unpaired) electrons. The van der Waals surface area contributed by atoms with Crippen LogP contribution in [0.1, 0.15) is 11.1 Å². The van der Waals surface area contributed by atoms with Crippen molar-refractivity contribution in [2.75, 3.05) is 0 Å². The Morgan fingerprint density at radius 3 is 2.55 bits per heavy atom. The summed E-state index contributed by atoms with van der Waals surface area (Å²) in [6.45, 7) is 2.48. The fourth-order valence-corrected chi connectivity index (χ4v) is 2.75. The monoisotopic (exact) mass is 282 g/mol. The quantitative estimate of drug-likeness (QED) is 0.760. The standard InChI is InChI=1S/C17H15ClN2/c1-11-7-13-9-14(10-19)16(12-5-3-2-4-6-12)20-17(13)15(18)8-11/h2-9H,10,19H2,1H3. The lowest BCUT2D eigenvalue weighted by molar-refractivity contribution is 1.06. The Kier molecular flexibility index (Phi) is 3.43. The van der Waals surface area contributed by atoms with Crippen LogP contribution in [-0.2, 0) is 6.54 Å². The van der Waals surface area contributed by atoms with E-state index in [2.05, 4.69) is 12.1 Å². The molecule has 0 aliphatic carbocycles. The molecule has 0 saturated heterocycles. The number of halogens is 1. The average molecular weight is 283 g/mol. The van der Waals surface area contributed by atoms with Gasteiger partial charge in [-0.2, -0.15) is 0 Å². The minimum atomic E-state index is 0.457. The van der Waals surface area contributed by atoms with Crippen LogP contribution in [0.3, 0.4) is 0 Å². The van der Waals surface area contributed by atoms with E-state index in [1.54, 1.807) is 0 Å². The molecule has 0 fully saturated rings. The summed E-state index contributed by atoms with van der Waals surface area (Å²) < 4.78 is 0. The van der Waals surface area contributed by atoms with Crippen molar-refractivity contribution in [1.82, 2.24) is 4.98 Å². The highest BCUT2D eigenvalue weighted by Crippen LogP contribution is 2.29. The van der Waals surface area contributed by atoms with Gasteiger partial charge >= 0.3 is 0 Å². The van der Waals surface area contributed by atoms with Gasteiger partial charge in [0.05, 0.1) is 16.2 Å². The summed E-state index contributed by atoms with van der Waals surface area (Å²) in [6, 6.07) is 16.2. The fraction of sp³-hybridized carbons (Fsp3) is 0.118. The second-order valence-corrected chi connectivity index (χ2v) is 5.29. The van der Waals surface area contributed by atoms with E-state index in [-0.39, 0.29) is 0 Å². The Morgan fingerprint density at radius 2 is 1.85 bits per heavy atom. The molecule has 0 aliphatic rings. The molecule has 1 aromatic heterocycles. The summed E-state index contributed by atoms with van der Waals surface area (Å²) in [5.41, 5.74) is 10.8. The number of fused-ring (bicyclic) bond motifs is 1. The summed E-state index contributed by atoms with van der Waals surface area (Å²) in [7, 11) is 0. The number of aromatic nitrogens is 1. The predicted molar refractivity (Wildman–Crippen MR) is 84.8 cm³/mol. The molecule has 3 aromatic rings. The lowest BCUT2D eigenvalue weighted by Gasteiger charge is -2.11. The molecule has 3 heteroatoms. The zero-order valence-corrected chi connectivity index (χ0v) is 12.0. The van der Waals surface area contributed by atoms with Crippen molar-refractivity contribution in [2.24, 2.45) is 5.73 Å². The molecule has 0 atom stereocenters. The number of hydrogen-bond acceptors (Lipinski definition) is 2. The molecule has 2 N–H and O–H groups in total. The second-order valence-electron chi connectivity index (χ2n) is 4.88. The van der Waals surface area contributed by atoms with Crippen LogP contribution in [-0.4, -0.2) is 4.98 Å². The van der Waals surface area contributed by atoms with Gasteiger partial charge in [-0.25, -0.2) is 4.98 Å². The van der Waals surface area contributed by atoms with Gasteiger partial charge in [-0.1, -0.05) is 41.9 Å². The van der Waals surface area contributed by atoms with Crippen LogP contribution in [0.2, 0.25) is 5.02 Å². The van der Waals surface area contributed by atoms with E-state index in [9.17, 15) is 0 Å². The Bertz CT molecular complexity index is 767. The van der Waals surface area contributed by atoms with E-state index in [1.807, 2.05) is 43.3 Å². The Hall–Kier alpha value is -1.90. The van der Waals surface area contributed by atoms with E-state index < -0.39 is 0 Å². The molecule has 3 rings (SSSR count). The number of benzene rings is 2. The maximum atomic E-state index is 6.32. The molecular formula is C17H15ClN2. The first-order chi connectivity index (χ1) is 9.69. The SMILES string of the molecule is Cc1cc(Cl)c2nc(-c3ccccc3)c(CN)cc2c1. The van der Waals surface area contributed by atoms with Gasteiger partial charge in [0.1, 0.15) is 0 Å². The molecule has 0 unspecified atom stereocenters. The first-order valence-electron chi connectivity index (χ1n) is 6.54. The molecule has 1 heterocycles. The average Bonchev–Trinajstić information content (AvgIpc) is 2.46. The summed E-state index contributed by atoms with van der Waals surface area (Å²) >= 11 is 6.32. The first kappa shape index (κ1) is 13.1. The summed E-state index contributed by atoms with van der Waals surface area (Å²) in [5, 5.41) is 1.72. The molecule has 0 bridgehead atoms. The number of hydrogen-bond donors (Lipinski definition) is 1. The predicted octanol–water partition coefficient (Wildman–Crippen LogP) is 4.32. The van der Waals surface area contributed by atoms with Crippen LogP contribution in [0.5, 0.6) is 0 Å². The largest absolute Gasteiger partial charge is 0.326 e. The number of nitrogens with two attached hydrogens (primary N) is 1.